The van der Waals surface area contributed by atoms with Crippen LogP contribution in [-0.2, 0) is 9.59 Å². The molecule has 2 rings (SSSR count). The van der Waals surface area contributed by atoms with Gasteiger partial charge in [-0.25, -0.2) is 0 Å². The van der Waals surface area contributed by atoms with Crippen LogP contribution in [0.5, 0.6) is 0 Å². The van der Waals surface area contributed by atoms with E-state index in [0.29, 0.717) is 16.8 Å². The Hall–Kier alpha value is -3.68. The average Bonchev–Trinajstić information content (AvgIpc) is 2.58. The Morgan fingerprint density at radius 3 is 1.79 bits per heavy atom. The Bertz CT molecular complexity index is 735. The number of carbonyl (C=O) groups excluding carboxylic acids is 2. The third-order valence-electron chi connectivity index (χ3n) is 3.01. The number of nitrogens with one attached hydrogen (secondary N) is 2. The van der Waals surface area contributed by atoms with Crippen LogP contribution in [0.2, 0.25) is 0 Å². The van der Waals surface area contributed by atoms with Gasteiger partial charge in [0.15, 0.2) is 0 Å². The van der Waals surface area contributed by atoms with Crippen molar-refractivity contribution in [2.24, 2.45) is 10.3 Å². The molecule has 3 N–H and O–H groups in total. The molecule has 2 aromatic rings. The number of oxime groups is 1. The molecular formula is C16H13N4O4-. The summed E-state index contributed by atoms with van der Waals surface area (Å²) in [4.78, 5) is 24.0. The van der Waals surface area contributed by atoms with Gasteiger partial charge in [0, 0.05) is 23.0 Å². The van der Waals surface area contributed by atoms with Gasteiger partial charge in [0.2, 0.25) is 0 Å². The van der Waals surface area contributed by atoms with E-state index in [-0.39, 0.29) is 5.69 Å². The molecule has 0 radical (unpaired) electrons. The SMILES string of the molecule is O=C(Nc1ccccc1/C=N/[O-])C(=O)Nc1ccccc1/C=N/O. The van der Waals surface area contributed by atoms with E-state index in [1.54, 1.807) is 42.5 Å². The lowest BCUT2D eigenvalue weighted by Gasteiger charge is -2.10. The number of carbonyl (C=O) groups is 2. The van der Waals surface area contributed by atoms with Gasteiger partial charge in [-0.3, -0.25) is 9.59 Å². The second kappa shape index (κ2) is 8.08. The molecule has 8 heteroatoms. The van der Waals surface area contributed by atoms with Crippen LogP contribution >= 0.6 is 0 Å². The second-order valence-corrected chi connectivity index (χ2v) is 4.56. The summed E-state index contributed by atoms with van der Waals surface area (Å²) in [7, 11) is 0. The van der Waals surface area contributed by atoms with Crippen LogP contribution in [0.4, 0.5) is 11.4 Å². The maximum absolute atomic E-state index is 12.0. The Labute approximate surface area is 137 Å². The molecule has 122 valence electrons. The number of nitrogens with zero attached hydrogens (tertiary/aromatic N) is 2. The van der Waals surface area contributed by atoms with Crippen molar-refractivity contribution >= 4 is 35.6 Å². The van der Waals surface area contributed by atoms with Crippen LogP contribution < -0.4 is 10.6 Å². The van der Waals surface area contributed by atoms with Gasteiger partial charge >= 0.3 is 11.8 Å². The second-order valence-electron chi connectivity index (χ2n) is 4.56. The normalized spacial score (nSPS) is 10.8. The number of para-hydroxylation sites is 2. The van der Waals surface area contributed by atoms with Crippen LogP contribution in [0.1, 0.15) is 11.1 Å². The minimum absolute atomic E-state index is 0.280. The molecule has 2 amide bonds. The molecule has 0 atom stereocenters. The van der Waals surface area contributed by atoms with E-state index in [2.05, 4.69) is 20.9 Å². The number of anilines is 2. The van der Waals surface area contributed by atoms with Crippen LogP contribution in [0, 0.1) is 5.21 Å². The first-order valence-electron chi connectivity index (χ1n) is 6.79. The lowest BCUT2D eigenvalue weighted by Crippen LogP contribution is -2.29. The highest BCUT2D eigenvalue weighted by atomic mass is 16.4. The summed E-state index contributed by atoms with van der Waals surface area (Å²) in [5, 5.41) is 29.3. The summed E-state index contributed by atoms with van der Waals surface area (Å²) in [6.45, 7) is 0. The minimum Gasteiger partial charge on any atom is -0.792 e. The fourth-order valence-electron chi connectivity index (χ4n) is 1.92. The summed E-state index contributed by atoms with van der Waals surface area (Å²) >= 11 is 0. The van der Waals surface area contributed by atoms with Crippen molar-refractivity contribution in [3.8, 4) is 0 Å². The van der Waals surface area contributed by atoms with Gasteiger partial charge in [-0.15, -0.1) is 0 Å². The van der Waals surface area contributed by atoms with Gasteiger partial charge in [0.05, 0.1) is 11.9 Å². The Kier molecular flexibility index (Phi) is 5.62. The van der Waals surface area contributed by atoms with E-state index in [4.69, 9.17) is 5.21 Å². The predicted octanol–water partition coefficient (Wildman–Crippen LogP) is 1.99. The highest BCUT2D eigenvalue weighted by molar-refractivity contribution is 6.44. The minimum atomic E-state index is -0.919. The number of hydrogen-bond donors (Lipinski definition) is 3. The van der Waals surface area contributed by atoms with Crippen LogP contribution in [0.15, 0.2) is 58.8 Å². The molecule has 0 aromatic heterocycles. The van der Waals surface area contributed by atoms with Crippen molar-refractivity contribution in [2.75, 3.05) is 10.6 Å². The van der Waals surface area contributed by atoms with Gasteiger partial charge in [-0.1, -0.05) is 41.6 Å². The summed E-state index contributed by atoms with van der Waals surface area (Å²) < 4.78 is 0. The molecule has 0 saturated heterocycles. The molecule has 24 heavy (non-hydrogen) atoms. The molecule has 0 aliphatic rings. The molecule has 0 bridgehead atoms. The number of rotatable bonds is 4. The van der Waals surface area contributed by atoms with E-state index < -0.39 is 11.8 Å². The lowest BCUT2D eigenvalue weighted by molar-refractivity contribution is -0.133. The molecular weight excluding hydrogens is 312 g/mol. The van der Waals surface area contributed by atoms with Crippen molar-refractivity contribution in [3.05, 3.63) is 64.9 Å². The Morgan fingerprint density at radius 2 is 1.33 bits per heavy atom. The molecule has 0 saturated carbocycles. The molecule has 0 spiro atoms. The van der Waals surface area contributed by atoms with Crippen LogP contribution in [0.3, 0.4) is 0 Å². The number of hydrogen-bond acceptors (Lipinski definition) is 6. The van der Waals surface area contributed by atoms with E-state index in [0.717, 1.165) is 12.4 Å². The molecule has 0 aliphatic heterocycles. The maximum atomic E-state index is 12.0. The molecule has 0 fully saturated rings. The summed E-state index contributed by atoms with van der Waals surface area (Å²) in [6, 6.07) is 12.9. The maximum Gasteiger partial charge on any atom is 0.314 e. The summed E-state index contributed by atoms with van der Waals surface area (Å²) in [5.74, 6) is -1.83. The van der Waals surface area contributed by atoms with Gasteiger partial charge in [-0.2, -0.15) is 0 Å². The highest BCUT2D eigenvalue weighted by Gasteiger charge is 2.16. The third kappa shape index (κ3) is 4.17. The quantitative estimate of drug-likeness (QED) is 0.344. The number of amides is 2. The van der Waals surface area contributed by atoms with E-state index in [1.165, 1.54) is 6.07 Å². The summed E-state index contributed by atoms with van der Waals surface area (Å²) in [6.07, 6.45) is 2.16. The van der Waals surface area contributed by atoms with Crippen molar-refractivity contribution in [1.82, 2.24) is 0 Å². The first-order valence-corrected chi connectivity index (χ1v) is 6.79. The standard InChI is InChI=1S/C16H14N4O4/c21-15(19-13-7-3-1-5-11(13)9-17-23)16(22)20-14-8-4-2-6-12(14)10-18-24/h1-10,23-24H,(H,19,21)(H,20,22)/p-1/b17-9+,18-10+. The van der Waals surface area contributed by atoms with Gasteiger partial charge in [0.25, 0.3) is 0 Å². The van der Waals surface area contributed by atoms with E-state index >= 15 is 0 Å². The molecule has 8 nitrogen and oxygen atoms in total. The predicted molar refractivity (Wildman–Crippen MR) is 90.5 cm³/mol. The zero-order valence-electron chi connectivity index (χ0n) is 12.3. The first kappa shape index (κ1) is 16.7. The lowest BCUT2D eigenvalue weighted by atomic mass is 10.2. The monoisotopic (exact) mass is 325 g/mol. The largest absolute Gasteiger partial charge is 0.792 e. The van der Waals surface area contributed by atoms with Gasteiger partial charge < -0.3 is 26.2 Å². The topological polar surface area (TPSA) is 126 Å². The smallest absolute Gasteiger partial charge is 0.314 e. The molecule has 2 aromatic carbocycles. The van der Waals surface area contributed by atoms with Crippen molar-refractivity contribution in [2.45, 2.75) is 0 Å². The van der Waals surface area contributed by atoms with Crippen molar-refractivity contribution in [1.29, 1.82) is 0 Å². The molecule has 0 unspecified atom stereocenters. The fraction of sp³-hybridized carbons (Fsp3) is 0. The Morgan fingerprint density at radius 1 is 0.875 bits per heavy atom. The fourth-order valence-corrected chi connectivity index (χ4v) is 1.92. The number of benzene rings is 2. The van der Waals surface area contributed by atoms with E-state index in [1.807, 2.05) is 0 Å². The van der Waals surface area contributed by atoms with Crippen LogP contribution in [0.25, 0.3) is 0 Å². The van der Waals surface area contributed by atoms with Crippen molar-refractivity contribution < 1.29 is 14.8 Å². The van der Waals surface area contributed by atoms with E-state index in [9.17, 15) is 14.8 Å². The van der Waals surface area contributed by atoms with Crippen LogP contribution in [-0.4, -0.2) is 29.5 Å². The molecule has 0 heterocycles. The zero-order valence-corrected chi connectivity index (χ0v) is 12.3. The van der Waals surface area contributed by atoms with Crippen molar-refractivity contribution in [3.63, 3.8) is 0 Å². The zero-order chi connectivity index (χ0) is 17.4. The molecule has 0 aliphatic carbocycles. The average molecular weight is 325 g/mol. The van der Waals surface area contributed by atoms with Gasteiger partial charge in [0.1, 0.15) is 0 Å². The highest BCUT2D eigenvalue weighted by Crippen LogP contribution is 2.15. The third-order valence-corrected chi connectivity index (χ3v) is 3.01. The van der Waals surface area contributed by atoms with Gasteiger partial charge in [-0.05, 0) is 12.1 Å². The Balaban J connectivity index is 2.13. The summed E-state index contributed by atoms with van der Waals surface area (Å²) in [5.41, 5.74) is 1.40. The first-order chi connectivity index (χ1) is 11.7.